The van der Waals surface area contributed by atoms with Gasteiger partial charge in [0.2, 0.25) is 0 Å². The van der Waals surface area contributed by atoms with E-state index in [1.807, 2.05) is 6.20 Å². The van der Waals surface area contributed by atoms with E-state index in [2.05, 4.69) is 58.7 Å². The summed E-state index contributed by atoms with van der Waals surface area (Å²) in [5, 5.41) is 11.7. The summed E-state index contributed by atoms with van der Waals surface area (Å²) in [6.45, 7) is 2.08. The average molecular weight is 377 g/mol. The number of fused-ring (bicyclic) bond motifs is 7. The Morgan fingerprint density at radius 1 is 1.19 bits per heavy atom. The van der Waals surface area contributed by atoms with Crippen molar-refractivity contribution in [3.63, 3.8) is 0 Å². The topological polar surface area (TPSA) is 42.7 Å². The van der Waals surface area contributed by atoms with E-state index >= 15 is 0 Å². The summed E-state index contributed by atoms with van der Waals surface area (Å²) >= 11 is 1.73. The van der Waals surface area contributed by atoms with Crippen LogP contribution in [0.2, 0.25) is 0 Å². The number of nitrogens with one attached hydrogen (secondary N) is 1. The Morgan fingerprint density at radius 3 is 2.85 bits per heavy atom. The highest BCUT2D eigenvalue weighted by molar-refractivity contribution is 7.09. The molecule has 5 unspecified atom stereocenters. The van der Waals surface area contributed by atoms with E-state index in [1.54, 1.807) is 11.3 Å². The molecule has 1 aromatic carbocycles. The summed E-state index contributed by atoms with van der Waals surface area (Å²) < 4.78 is 2.05. The van der Waals surface area contributed by atoms with E-state index in [1.165, 1.54) is 41.8 Å². The number of hydrogen-bond acceptors (Lipinski definition) is 4. The van der Waals surface area contributed by atoms with Crippen LogP contribution in [-0.4, -0.2) is 14.8 Å². The van der Waals surface area contributed by atoms with Gasteiger partial charge in [0.05, 0.1) is 22.4 Å². The molecule has 3 aromatic rings. The minimum absolute atomic E-state index is 0.373. The summed E-state index contributed by atoms with van der Waals surface area (Å²) in [6.07, 6.45) is 6.11. The van der Waals surface area contributed by atoms with E-state index < -0.39 is 0 Å². The van der Waals surface area contributed by atoms with Crippen LogP contribution in [0.25, 0.3) is 11.3 Å². The molecule has 2 fully saturated rings. The van der Waals surface area contributed by atoms with Crippen molar-refractivity contribution in [2.45, 2.75) is 38.1 Å². The summed E-state index contributed by atoms with van der Waals surface area (Å²) in [6, 6.07) is 9.50. The van der Waals surface area contributed by atoms with Crippen LogP contribution < -0.4 is 5.32 Å². The zero-order valence-corrected chi connectivity index (χ0v) is 16.5. The standard InChI is InChI=1S/C22H24N4S/c1-12-24-18(11-27-12)13-5-6-17-16(10-13)20-14-3-4-15(9-14)21(20)22(25-17)19-7-8-23-26(19)2/h5-8,10-11,14-15,20-22,25H,3-4,9H2,1-2H3. The first-order chi connectivity index (χ1) is 13.2. The Labute approximate surface area is 163 Å². The molecule has 3 aliphatic rings. The molecule has 2 saturated carbocycles. The monoisotopic (exact) mass is 376 g/mol. The smallest absolute Gasteiger partial charge is 0.0901 e. The zero-order valence-electron chi connectivity index (χ0n) is 15.7. The summed E-state index contributed by atoms with van der Waals surface area (Å²) in [4.78, 5) is 4.72. The second-order valence-corrected chi connectivity index (χ2v) is 9.55. The van der Waals surface area contributed by atoms with Crippen molar-refractivity contribution >= 4 is 17.0 Å². The van der Waals surface area contributed by atoms with Crippen LogP contribution in [0.15, 0.2) is 35.8 Å². The minimum Gasteiger partial charge on any atom is -0.376 e. The van der Waals surface area contributed by atoms with Gasteiger partial charge in [0.1, 0.15) is 0 Å². The summed E-state index contributed by atoms with van der Waals surface area (Å²) in [7, 11) is 2.07. The predicted molar refractivity (Wildman–Crippen MR) is 109 cm³/mol. The Hall–Kier alpha value is -2.14. The van der Waals surface area contributed by atoms with Gasteiger partial charge in [0.25, 0.3) is 0 Å². The molecule has 4 nitrogen and oxygen atoms in total. The van der Waals surface area contributed by atoms with Crippen LogP contribution >= 0.6 is 11.3 Å². The Balaban J connectivity index is 1.48. The first-order valence-corrected chi connectivity index (χ1v) is 10.9. The fraction of sp³-hybridized carbons (Fsp3) is 0.455. The fourth-order valence-electron chi connectivity index (χ4n) is 6.13. The normalized spacial score (nSPS) is 30.8. The number of rotatable bonds is 2. The third-order valence-corrected chi connectivity index (χ3v) is 7.95. The highest BCUT2D eigenvalue weighted by atomic mass is 32.1. The summed E-state index contributed by atoms with van der Waals surface area (Å²) in [5.41, 5.74) is 6.54. The minimum atomic E-state index is 0.373. The number of aryl methyl sites for hydroxylation is 2. The third-order valence-electron chi connectivity index (χ3n) is 7.18. The van der Waals surface area contributed by atoms with Gasteiger partial charge in [-0.3, -0.25) is 4.68 Å². The molecule has 6 rings (SSSR count). The van der Waals surface area contributed by atoms with Crippen molar-refractivity contribution in [2.24, 2.45) is 24.8 Å². The SMILES string of the molecule is Cc1nc(-c2ccc3c(c2)C2C4CCC(C4)C2C(c2ccnn2C)N3)cs1. The van der Waals surface area contributed by atoms with Crippen LogP contribution in [-0.2, 0) is 7.05 Å². The maximum absolute atomic E-state index is 4.72. The Kier molecular flexibility index (Phi) is 3.34. The molecule has 2 aliphatic carbocycles. The molecule has 0 spiro atoms. The Bertz CT molecular complexity index is 1020. The van der Waals surface area contributed by atoms with E-state index in [9.17, 15) is 0 Å². The molecule has 5 heteroatoms. The predicted octanol–water partition coefficient (Wildman–Crippen LogP) is 5.15. The van der Waals surface area contributed by atoms with Crippen LogP contribution in [0, 0.1) is 24.7 Å². The average Bonchev–Trinajstić information content (AvgIpc) is 3.45. The number of thiazole rings is 1. The van der Waals surface area contributed by atoms with Crippen molar-refractivity contribution < 1.29 is 0 Å². The van der Waals surface area contributed by atoms with Crippen LogP contribution in [0.5, 0.6) is 0 Å². The second-order valence-electron chi connectivity index (χ2n) is 8.49. The summed E-state index contributed by atoms with van der Waals surface area (Å²) in [5.74, 6) is 3.02. The van der Waals surface area contributed by atoms with Gasteiger partial charge in [-0.1, -0.05) is 6.07 Å². The highest BCUT2D eigenvalue weighted by Crippen LogP contribution is 2.63. The van der Waals surface area contributed by atoms with Crippen molar-refractivity contribution in [3.8, 4) is 11.3 Å². The van der Waals surface area contributed by atoms with Gasteiger partial charge in [-0.2, -0.15) is 5.10 Å². The molecule has 5 atom stereocenters. The van der Waals surface area contributed by atoms with E-state index in [0.29, 0.717) is 17.9 Å². The van der Waals surface area contributed by atoms with Gasteiger partial charge in [-0.25, -0.2) is 4.98 Å². The number of hydrogen-bond donors (Lipinski definition) is 1. The van der Waals surface area contributed by atoms with Gasteiger partial charge < -0.3 is 5.32 Å². The lowest BCUT2D eigenvalue weighted by Crippen LogP contribution is -2.36. The first-order valence-electron chi connectivity index (χ1n) is 10.00. The molecule has 138 valence electrons. The van der Waals surface area contributed by atoms with Crippen LogP contribution in [0.4, 0.5) is 5.69 Å². The second kappa shape index (κ2) is 5.68. The lowest BCUT2D eigenvalue weighted by atomic mass is 9.68. The van der Waals surface area contributed by atoms with Gasteiger partial charge in [0, 0.05) is 29.9 Å². The van der Waals surface area contributed by atoms with E-state index in [4.69, 9.17) is 4.98 Å². The number of benzene rings is 1. The molecular weight excluding hydrogens is 352 g/mol. The first kappa shape index (κ1) is 15.9. The highest BCUT2D eigenvalue weighted by Gasteiger charge is 2.54. The van der Waals surface area contributed by atoms with Crippen molar-refractivity contribution in [3.05, 3.63) is 52.1 Å². The molecule has 0 saturated heterocycles. The van der Waals surface area contributed by atoms with E-state index in [-0.39, 0.29) is 0 Å². The molecule has 2 aromatic heterocycles. The zero-order chi connectivity index (χ0) is 18.1. The molecule has 0 radical (unpaired) electrons. The number of anilines is 1. The molecule has 1 aliphatic heterocycles. The van der Waals surface area contributed by atoms with Gasteiger partial charge in [0.15, 0.2) is 0 Å². The largest absolute Gasteiger partial charge is 0.376 e. The van der Waals surface area contributed by atoms with Gasteiger partial charge in [-0.15, -0.1) is 11.3 Å². The van der Waals surface area contributed by atoms with Gasteiger partial charge >= 0.3 is 0 Å². The lowest BCUT2D eigenvalue weighted by molar-refractivity contribution is 0.242. The van der Waals surface area contributed by atoms with Crippen molar-refractivity contribution in [2.75, 3.05) is 5.32 Å². The van der Waals surface area contributed by atoms with Crippen molar-refractivity contribution in [1.82, 2.24) is 14.8 Å². The maximum atomic E-state index is 4.72. The molecule has 3 heterocycles. The fourth-order valence-corrected chi connectivity index (χ4v) is 6.75. The quantitative estimate of drug-likeness (QED) is 0.673. The molecule has 1 N–H and O–H groups in total. The van der Waals surface area contributed by atoms with Gasteiger partial charge in [-0.05, 0) is 73.6 Å². The lowest BCUT2D eigenvalue weighted by Gasteiger charge is -2.43. The van der Waals surface area contributed by atoms with Crippen LogP contribution in [0.1, 0.15) is 47.5 Å². The molecule has 0 amide bonds. The molecule has 27 heavy (non-hydrogen) atoms. The molecule has 2 bridgehead atoms. The number of nitrogens with zero attached hydrogens (tertiary/aromatic N) is 3. The van der Waals surface area contributed by atoms with Crippen LogP contribution in [0.3, 0.4) is 0 Å². The third kappa shape index (κ3) is 2.27. The van der Waals surface area contributed by atoms with E-state index in [0.717, 1.165) is 22.5 Å². The molecular formula is C22H24N4S. The Morgan fingerprint density at radius 2 is 2.07 bits per heavy atom. The number of aromatic nitrogens is 3. The van der Waals surface area contributed by atoms with Crippen molar-refractivity contribution in [1.29, 1.82) is 0 Å². The maximum Gasteiger partial charge on any atom is 0.0901 e.